The highest BCUT2D eigenvalue weighted by molar-refractivity contribution is 5.38. The molecule has 2 rings (SSSR count). The van der Waals surface area contributed by atoms with Crippen molar-refractivity contribution in [2.45, 2.75) is 19.4 Å². The second kappa shape index (κ2) is 5.65. The number of rotatable bonds is 4. The molecular formula is C15H18N2O. The van der Waals surface area contributed by atoms with Crippen molar-refractivity contribution in [2.75, 3.05) is 7.11 Å². The topological polar surface area (TPSA) is 48.1 Å². The molecule has 1 aromatic carbocycles. The molecule has 0 aliphatic carbocycles. The summed E-state index contributed by atoms with van der Waals surface area (Å²) in [5, 5.41) is 0. The van der Waals surface area contributed by atoms with Crippen LogP contribution in [0, 0.1) is 6.92 Å². The third kappa shape index (κ3) is 2.87. The Hall–Kier alpha value is -1.87. The van der Waals surface area contributed by atoms with Gasteiger partial charge in [0.15, 0.2) is 0 Å². The number of hydrogen-bond donors (Lipinski definition) is 1. The van der Waals surface area contributed by atoms with Crippen molar-refractivity contribution in [2.24, 2.45) is 5.73 Å². The number of nitrogens with zero attached hydrogens (tertiary/aromatic N) is 1. The second-order valence-corrected chi connectivity index (χ2v) is 4.40. The van der Waals surface area contributed by atoms with Crippen LogP contribution in [0.4, 0.5) is 0 Å². The lowest BCUT2D eigenvalue weighted by molar-refractivity contribution is 0.410. The minimum atomic E-state index is -0.0382. The maximum absolute atomic E-state index is 6.22. The number of ether oxygens (including phenoxy) is 1. The molecule has 0 saturated carbocycles. The average Bonchev–Trinajstić information content (AvgIpc) is 2.40. The molecular weight excluding hydrogens is 224 g/mol. The summed E-state index contributed by atoms with van der Waals surface area (Å²) in [5.41, 5.74) is 9.57. The third-order valence-electron chi connectivity index (χ3n) is 3.04. The zero-order valence-electron chi connectivity index (χ0n) is 10.8. The lowest BCUT2D eigenvalue weighted by atomic mass is 9.99. The van der Waals surface area contributed by atoms with Gasteiger partial charge in [0.1, 0.15) is 5.75 Å². The number of aryl methyl sites for hydroxylation is 1. The molecule has 0 spiro atoms. The summed E-state index contributed by atoms with van der Waals surface area (Å²) in [7, 11) is 1.68. The van der Waals surface area contributed by atoms with Gasteiger partial charge in [-0.1, -0.05) is 18.2 Å². The van der Waals surface area contributed by atoms with Gasteiger partial charge in [-0.3, -0.25) is 4.98 Å². The van der Waals surface area contributed by atoms with Crippen molar-refractivity contribution >= 4 is 0 Å². The summed E-state index contributed by atoms with van der Waals surface area (Å²) < 4.78 is 5.32. The molecule has 18 heavy (non-hydrogen) atoms. The Labute approximate surface area is 108 Å². The summed E-state index contributed by atoms with van der Waals surface area (Å²) in [6.45, 7) is 2.02. The number of nitrogens with two attached hydrogens (primary N) is 1. The maximum atomic E-state index is 6.22. The highest BCUT2D eigenvalue weighted by atomic mass is 16.5. The van der Waals surface area contributed by atoms with E-state index in [1.165, 1.54) is 0 Å². The minimum absolute atomic E-state index is 0.0382. The zero-order chi connectivity index (χ0) is 13.0. The highest BCUT2D eigenvalue weighted by Gasteiger charge is 2.09. The van der Waals surface area contributed by atoms with Gasteiger partial charge in [0.05, 0.1) is 7.11 Å². The highest BCUT2D eigenvalue weighted by Crippen LogP contribution is 2.23. The van der Waals surface area contributed by atoms with Gasteiger partial charge in [0.25, 0.3) is 0 Å². The van der Waals surface area contributed by atoms with E-state index < -0.39 is 0 Å². The molecule has 3 heteroatoms. The molecule has 0 fully saturated rings. The summed E-state index contributed by atoms with van der Waals surface area (Å²) in [6, 6.07) is 10.0. The number of methoxy groups -OCH3 is 1. The van der Waals surface area contributed by atoms with Crippen LogP contribution < -0.4 is 10.5 Å². The Morgan fingerprint density at radius 3 is 2.83 bits per heavy atom. The Morgan fingerprint density at radius 2 is 2.17 bits per heavy atom. The largest absolute Gasteiger partial charge is 0.496 e. The lowest BCUT2D eigenvalue weighted by Gasteiger charge is -2.14. The van der Waals surface area contributed by atoms with Gasteiger partial charge in [-0.15, -0.1) is 0 Å². The van der Waals surface area contributed by atoms with Crippen LogP contribution in [0.3, 0.4) is 0 Å². The van der Waals surface area contributed by atoms with Crippen LogP contribution in [-0.2, 0) is 6.42 Å². The van der Waals surface area contributed by atoms with Gasteiger partial charge in [-0.05, 0) is 42.2 Å². The van der Waals surface area contributed by atoms with Crippen LogP contribution in [0.5, 0.6) is 5.75 Å². The van der Waals surface area contributed by atoms with Crippen molar-refractivity contribution < 1.29 is 4.74 Å². The molecule has 0 amide bonds. The van der Waals surface area contributed by atoms with Crippen LogP contribution in [0.2, 0.25) is 0 Å². The molecule has 1 heterocycles. The van der Waals surface area contributed by atoms with Crippen molar-refractivity contribution in [1.29, 1.82) is 0 Å². The lowest BCUT2D eigenvalue weighted by Crippen LogP contribution is -2.13. The van der Waals surface area contributed by atoms with E-state index in [2.05, 4.69) is 11.1 Å². The van der Waals surface area contributed by atoms with Gasteiger partial charge in [0.2, 0.25) is 0 Å². The van der Waals surface area contributed by atoms with Crippen molar-refractivity contribution in [3.8, 4) is 5.75 Å². The molecule has 3 nitrogen and oxygen atoms in total. The number of aromatic nitrogens is 1. The summed E-state index contributed by atoms with van der Waals surface area (Å²) in [6.07, 6.45) is 4.40. The fourth-order valence-electron chi connectivity index (χ4n) is 1.96. The monoisotopic (exact) mass is 242 g/mol. The molecule has 0 radical (unpaired) electrons. The van der Waals surface area contributed by atoms with Crippen molar-refractivity contribution in [3.63, 3.8) is 0 Å². The van der Waals surface area contributed by atoms with Gasteiger partial charge in [0, 0.05) is 18.4 Å². The standard InChI is InChI=1S/C15H18N2O/c1-11-5-6-13(9-15(11)18-2)14(16)8-12-4-3-7-17-10-12/h3-7,9-10,14H,8,16H2,1-2H3. The molecule has 0 aliphatic heterocycles. The molecule has 94 valence electrons. The third-order valence-corrected chi connectivity index (χ3v) is 3.04. The molecule has 0 aliphatic rings. The van der Waals surface area contributed by atoms with Gasteiger partial charge in [-0.2, -0.15) is 0 Å². The van der Waals surface area contributed by atoms with Crippen LogP contribution in [0.25, 0.3) is 0 Å². The van der Waals surface area contributed by atoms with Crippen LogP contribution in [0.15, 0.2) is 42.7 Å². The predicted molar refractivity (Wildman–Crippen MR) is 72.6 cm³/mol. The fourth-order valence-corrected chi connectivity index (χ4v) is 1.96. The Morgan fingerprint density at radius 1 is 1.33 bits per heavy atom. The van der Waals surface area contributed by atoms with E-state index in [1.807, 2.05) is 37.4 Å². The second-order valence-electron chi connectivity index (χ2n) is 4.40. The van der Waals surface area contributed by atoms with Crippen LogP contribution in [0.1, 0.15) is 22.7 Å². The molecule has 1 unspecified atom stereocenters. The SMILES string of the molecule is COc1cc(C(N)Cc2cccnc2)ccc1C. The van der Waals surface area contributed by atoms with Gasteiger partial charge in [-0.25, -0.2) is 0 Å². The van der Waals surface area contributed by atoms with Gasteiger partial charge >= 0.3 is 0 Å². The molecule has 2 N–H and O–H groups in total. The normalized spacial score (nSPS) is 12.2. The van der Waals surface area contributed by atoms with E-state index in [0.29, 0.717) is 0 Å². The molecule has 2 aromatic rings. The quantitative estimate of drug-likeness (QED) is 0.896. The smallest absolute Gasteiger partial charge is 0.122 e. The van der Waals surface area contributed by atoms with Crippen molar-refractivity contribution in [3.05, 3.63) is 59.4 Å². The summed E-state index contributed by atoms with van der Waals surface area (Å²) in [5.74, 6) is 0.883. The van der Waals surface area contributed by atoms with E-state index in [0.717, 1.165) is 28.9 Å². The Kier molecular flexibility index (Phi) is 3.95. The van der Waals surface area contributed by atoms with Gasteiger partial charge < -0.3 is 10.5 Å². The van der Waals surface area contributed by atoms with Crippen LogP contribution >= 0.6 is 0 Å². The minimum Gasteiger partial charge on any atom is -0.496 e. The maximum Gasteiger partial charge on any atom is 0.122 e. The number of benzene rings is 1. The van der Waals surface area contributed by atoms with E-state index in [9.17, 15) is 0 Å². The molecule has 1 aromatic heterocycles. The summed E-state index contributed by atoms with van der Waals surface area (Å²) >= 11 is 0. The van der Waals surface area contributed by atoms with Crippen molar-refractivity contribution in [1.82, 2.24) is 4.98 Å². The first-order valence-corrected chi connectivity index (χ1v) is 5.99. The first kappa shape index (κ1) is 12.6. The van der Waals surface area contributed by atoms with E-state index in [-0.39, 0.29) is 6.04 Å². The Bertz CT molecular complexity index is 511. The summed E-state index contributed by atoms with van der Waals surface area (Å²) in [4.78, 5) is 4.10. The fraction of sp³-hybridized carbons (Fsp3) is 0.267. The van der Waals surface area contributed by atoms with Crippen LogP contribution in [-0.4, -0.2) is 12.1 Å². The molecule has 0 saturated heterocycles. The first-order valence-electron chi connectivity index (χ1n) is 5.99. The predicted octanol–water partition coefficient (Wildman–Crippen LogP) is 2.64. The average molecular weight is 242 g/mol. The number of pyridine rings is 1. The van der Waals surface area contributed by atoms with E-state index in [4.69, 9.17) is 10.5 Å². The van der Waals surface area contributed by atoms with E-state index in [1.54, 1.807) is 13.3 Å². The first-order chi connectivity index (χ1) is 8.70. The van der Waals surface area contributed by atoms with E-state index >= 15 is 0 Å². The molecule has 1 atom stereocenters. The number of hydrogen-bond acceptors (Lipinski definition) is 3. The Balaban J connectivity index is 2.16. The zero-order valence-corrected chi connectivity index (χ0v) is 10.8. The molecule has 0 bridgehead atoms.